The average molecular weight is 422 g/mol. The molecule has 31 heavy (non-hydrogen) atoms. The fourth-order valence-corrected chi connectivity index (χ4v) is 4.03. The van der Waals surface area contributed by atoms with Gasteiger partial charge in [0.15, 0.2) is 0 Å². The summed E-state index contributed by atoms with van der Waals surface area (Å²) in [5, 5.41) is 10.0. The first-order chi connectivity index (χ1) is 15.0. The van der Waals surface area contributed by atoms with Gasteiger partial charge in [0.05, 0.1) is 35.0 Å². The third-order valence-corrected chi connectivity index (χ3v) is 5.89. The fraction of sp³-hybridized carbons (Fsp3) is 0.364. The highest BCUT2D eigenvalue weighted by molar-refractivity contribution is 6.40. The summed E-state index contributed by atoms with van der Waals surface area (Å²) in [5.41, 5.74) is 8.90. The number of hydrogen-bond donors (Lipinski definition) is 3. The standard InChI is InChI=1S/C22H27N7O2/c1-3-28(2)15-8-6-7-14(11-15)18-9-4-5-10-29(18)22(31)21(30)26-17-13-24-20(23)16-12-25-27-19(16)17/h6-8,11-13,18H,3-5,9-10H2,1-2H3,(H2,23,24)(H,25,27)(H,26,30)/t18-/m0/s1. The number of hydrogen-bond acceptors (Lipinski definition) is 6. The molecule has 4 rings (SSSR count). The third-order valence-electron chi connectivity index (χ3n) is 5.89. The van der Waals surface area contributed by atoms with Gasteiger partial charge in [0.2, 0.25) is 0 Å². The van der Waals surface area contributed by atoms with Crippen molar-refractivity contribution < 1.29 is 9.59 Å². The van der Waals surface area contributed by atoms with Crippen molar-refractivity contribution in [2.24, 2.45) is 0 Å². The largest absolute Gasteiger partial charge is 0.383 e. The number of pyridine rings is 1. The lowest BCUT2D eigenvalue weighted by Gasteiger charge is -2.36. The molecule has 1 aliphatic rings. The number of aromatic amines is 1. The maximum absolute atomic E-state index is 13.1. The van der Waals surface area contributed by atoms with Crippen LogP contribution in [0.4, 0.5) is 17.2 Å². The summed E-state index contributed by atoms with van der Waals surface area (Å²) in [6.45, 7) is 3.53. The summed E-state index contributed by atoms with van der Waals surface area (Å²) >= 11 is 0. The minimum Gasteiger partial charge on any atom is -0.383 e. The number of rotatable bonds is 4. The summed E-state index contributed by atoms with van der Waals surface area (Å²) in [7, 11) is 2.03. The minimum atomic E-state index is -0.698. The second kappa shape index (κ2) is 8.63. The second-order valence-corrected chi connectivity index (χ2v) is 7.79. The van der Waals surface area contributed by atoms with E-state index in [0.29, 0.717) is 29.0 Å². The quantitative estimate of drug-likeness (QED) is 0.557. The van der Waals surface area contributed by atoms with Gasteiger partial charge in [-0.05, 0) is 43.9 Å². The molecule has 0 radical (unpaired) electrons. The van der Waals surface area contributed by atoms with E-state index < -0.39 is 11.8 Å². The lowest BCUT2D eigenvalue weighted by molar-refractivity contribution is -0.145. The number of amides is 2. The predicted octanol–water partition coefficient (Wildman–Crippen LogP) is 2.69. The van der Waals surface area contributed by atoms with Crippen LogP contribution < -0.4 is 16.0 Å². The van der Waals surface area contributed by atoms with E-state index in [0.717, 1.165) is 37.1 Å². The lowest BCUT2D eigenvalue weighted by atomic mass is 9.94. The Morgan fingerprint density at radius 3 is 2.97 bits per heavy atom. The van der Waals surface area contributed by atoms with Gasteiger partial charge >= 0.3 is 11.8 Å². The van der Waals surface area contributed by atoms with Crippen LogP contribution in [-0.4, -0.2) is 52.0 Å². The van der Waals surface area contributed by atoms with Gasteiger partial charge in [0, 0.05) is 25.8 Å². The molecule has 2 amide bonds. The molecule has 0 aliphatic carbocycles. The Kier molecular flexibility index (Phi) is 5.75. The Morgan fingerprint density at radius 2 is 2.16 bits per heavy atom. The summed E-state index contributed by atoms with van der Waals surface area (Å²) in [6, 6.07) is 8.06. The van der Waals surface area contributed by atoms with E-state index >= 15 is 0 Å². The van der Waals surface area contributed by atoms with Crippen molar-refractivity contribution in [3.63, 3.8) is 0 Å². The number of nitrogen functional groups attached to an aromatic ring is 1. The van der Waals surface area contributed by atoms with Crippen molar-refractivity contribution >= 4 is 39.9 Å². The normalized spacial score (nSPS) is 16.3. The summed E-state index contributed by atoms with van der Waals surface area (Å²) in [6.07, 6.45) is 5.68. The minimum absolute atomic E-state index is 0.131. The van der Waals surface area contributed by atoms with Gasteiger partial charge in [-0.15, -0.1) is 0 Å². The number of carbonyl (C=O) groups excluding carboxylic acids is 2. The molecule has 2 aromatic heterocycles. The molecule has 0 unspecified atom stereocenters. The number of nitrogens with one attached hydrogen (secondary N) is 2. The SMILES string of the molecule is CCN(C)c1cccc([C@@H]2CCCCN2C(=O)C(=O)Nc2cnc(N)c3cn[nH]c23)c1. The monoisotopic (exact) mass is 421 g/mol. The van der Waals surface area contributed by atoms with Gasteiger partial charge in [0.25, 0.3) is 0 Å². The summed E-state index contributed by atoms with van der Waals surface area (Å²) in [4.78, 5) is 33.9. The summed E-state index contributed by atoms with van der Waals surface area (Å²) < 4.78 is 0. The molecule has 1 aliphatic heterocycles. The van der Waals surface area contributed by atoms with Crippen LogP contribution in [0, 0.1) is 0 Å². The van der Waals surface area contributed by atoms with Gasteiger partial charge in [-0.3, -0.25) is 14.7 Å². The van der Waals surface area contributed by atoms with E-state index in [-0.39, 0.29) is 6.04 Å². The first kappa shape index (κ1) is 20.6. The molecule has 162 valence electrons. The average Bonchev–Trinajstić information content (AvgIpc) is 3.31. The predicted molar refractivity (Wildman–Crippen MR) is 121 cm³/mol. The lowest BCUT2D eigenvalue weighted by Crippen LogP contribution is -2.44. The molecular formula is C22H27N7O2. The van der Waals surface area contributed by atoms with Gasteiger partial charge < -0.3 is 20.9 Å². The highest BCUT2D eigenvalue weighted by Gasteiger charge is 2.32. The zero-order chi connectivity index (χ0) is 22.0. The molecule has 3 aromatic rings. The molecule has 1 fully saturated rings. The van der Waals surface area contributed by atoms with E-state index in [2.05, 4.69) is 44.5 Å². The summed E-state index contributed by atoms with van der Waals surface area (Å²) in [5.74, 6) is -0.944. The highest BCUT2D eigenvalue weighted by atomic mass is 16.2. The van der Waals surface area contributed by atoms with E-state index in [1.807, 2.05) is 19.2 Å². The third kappa shape index (κ3) is 4.03. The van der Waals surface area contributed by atoms with Crippen molar-refractivity contribution in [2.75, 3.05) is 36.1 Å². The maximum atomic E-state index is 13.1. The number of nitrogens with zero attached hydrogens (tertiary/aromatic N) is 4. The van der Waals surface area contributed by atoms with Crippen LogP contribution >= 0.6 is 0 Å². The van der Waals surface area contributed by atoms with Crippen LogP contribution in [0.2, 0.25) is 0 Å². The van der Waals surface area contributed by atoms with E-state index in [4.69, 9.17) is 5.73 Å². The Hall–Kier alpha value is -3.62. The molecule has 1 atom stereocenters. The number of nitrogens with two attached hydrogens (primary N) is 1. The molecule has 0 saturated carbocycles. The van der Waals surface area contributed by atoms with Crippen molar-refractivity contribution in [1.82, 2.24) is 20.1 Å². The first-order valence-corrected chi connectivity index (χ1v) is 10.5. The topological polar surface area (TPSA) is 120 Å². The Labute approximate surface area is 180 Å². The van der Waals surface area contributed by atoms with Gasteiger partial charge in [0.1, 0.15) is 5.82 Å². The second-order valence-electron chi connectivity index (χ2n) is 7.79. The highest BCUT2D eigenvalue weighted by Crippen LogP contribution is 2.33. The van der Waals surface area contributed by atoms with Crippen molar-refractivity contribution in [3.8, 4) is 0 Å². The van der Waals surface area contributed by atoms with Crippen LogP contribution in [0.25, 0.3) is 10.9 Å². The number of fused-ring (bicyclic) bond motifs is 1. The van der Waals surface area contributed by atoms with Crippen molar-refractivity contribution in [2.45, 2.75) is 32.2 Å². The van der Waals surface area contributed by atoms with Crippen LogP contribution in [0.5, 0.6) is 0 Å². The number of anilines is 3. The molecular weight excluding hydrogens is 394 g/mol. The number of likely N-dealkylation sites (tertiary alicyclic amines) is 1. The maximum Gasteiger partial charge on any atom is 0.314 e. The van der Waals surface area contributed by atoms with E-state index in [1.54, 1.807) is 4.90 Å². The molecule has 0 spiro atoms. The van der Waals surface area contributed by atoms with Crippen molar-refractivity contribution in [3.05, 3.63) is 42.2 Å². The van der Waals surface area contributed by atoms with Crippen LogP contribution in [0.15, 0.2) is 36.7 Å². The Bertz CT molecular complexity index is 1110. The number of benzene rings is 1. The van der Waals surface area contributed by atoms with E-state index in [9.17, 15) is 9.59 Å². The van der Waals surface area contributed by atoms with Gasteiger partial charge in [-0.2, -0.15) is 5.10 Å². The Morgan fingerprint density at radius 1 is 1.32 bits per heavy atom. The van der Waals surface area contributed by atoms with Crippen LogP contribution in [0.1, 0.15) is 37.8 Å². The molecule has 0 bridgehead atoms. The zero-order valence-corrected chi connectivity index (χ0v) is 17.8. The number of carbonyl (C=O) groups is 2. The number of aromatic nitrogens is 3. The molecule has 4 N–H and O–H groups in total. The molecule has 9 heteroatoms. The fourth-order valence-electron chi connectivity index (χ4n) is 4.03. The smallest absolute Gasteiger partial charge is 0.314 e. The first-order valence-electron chi connectivity index (χ1n) is 10.5. The molecule has 3 heterocycles. The van der Waals surface area contributed by atoms with Gasteiger partial charge in [-0.1, -0.05) is 12.1 Å². The molecule has 1 aromatic carbocycles. The van der Waals surface area contributed by atoms with Gasteiger partial charge in [-0.25, -0.2) is 4.98 Å². The van der Waals surface area contributed by atoms with Crippen LogP contribution in [-0.2, 0) is 9.59 Å². The van der Waals surface area contributed by atoms with Crippen LogP contribution in [0.3, 0.4) is 0 Å². The molecule has 1 saturated heterocycles. The number of H-pyrrole nitrogens is 1. The number of piperidine rings is 1. The zero-order valence-electron chi connectivity index (χ0n) is 17.8. The van der Waals surface area contributed by atoms with Crippen molar-refractivity contribution in [1.29, 1.82) is 0 Å². The van der Waals surface area contributed by atoms with E-state index in [1.165, 1.54) is 12.4 Å². The Balaban J connectivity index is 1.56. The molecule has 9 nitrogen and oxygen atoms in total.